The topological polar surface area (TPSA) is 93.1 Å². The standard InChI is InChI=1S/C18H20O6/c1-9-10(2)14-8-24-18(22)16(14)17(21)13(9)4-3-11-6-23-7-12(11)5-15(19)20/h3,12,21H,4-8H2,1-2H3,(H,19,20)/b11-3-. The molecule has 0 aliphatic carbocycles. The number of ether oxygens (including phenoxy) is 2. The molecule has 0 amide bonds. The van der Waals surface area contributed by atoms with Gasteiger partial charge in [-0.05, 0) is 37.0 Å². The zero-order valence-corrected chi connectivity index (χ0v) is 13.7. The number of carboxylic acids is 1. The van der Waals surface area contributed by atoms with Crippen LogP contribution >= 0.6 is 0 Å². The van der Waals surface area contributed by atoms with E-state index in [4.69, 9.17) is 14.6 Å². The fourth-order valence-electron chi connectivity index (χ4n) is 3.38. The number of aliphatic carboxylic acids is 1. The van der Waals surface area contributed by atoms with Crippen LogP contribution in [0.5, 0.6) is 5.75 Å². The zero-order valence-electron chi connectivity index (χ0n) is 13.7. The molecule has 2 heterocycles. The van der Waals surface area contributed by atoms with Gasteiger partial charge in [-0.25, -0.2) is 4.79 Å². The van der Waals surface area contributed by atoms with Crippen molar-refractivity contribution in [3.8, 4) is 5.75 Å². The van der Waals surface area contributed by atoms with Crippen LogP contribution < -0.4 is 0 Å². The van der Waals surface area contributed by atoms with E-state index < -0.39 is 11.9 Å². The zero-order chi connectivity index (χ0) is 17.4. The average molecular weight is 332 g/mol. The first kappa shape index (κ1) is 16.5. The molecule has 6 heteroatoms. The van der Waals surface area contributed by atoms with Gasteiger partial charge in [0.15, 0.2) is 0 Å². The molecule has 3 rings (SSSR count). The highest BCUT2D eigenvalue weighted by atomic mass is 16.5. The molecule has 0 saturated carbocycles. The van der Waals surface area contributed by atoms with E-state index in [1.807, 2.05) is 19.9 Å². The fraction of sp³-hybridized carbons (Fsp3) is 0.444. The molecule has 128 valence electrons. The lowest BCUT2D eigenvalue weighted by atomic mass is 9.90. The summed E-state index contributed by atoms with van der Waals surface area (Å²) in [6, 6.07) is 0. The van der Waals surface area contributed by atoms with Crippen LogP contribution in [-0.2, 0) is 27.3 Å². The van der Waals surface area contributed by atoms with Crippen molar-refractivity contribution in [2.75, 3.05) is 13.2 Å². The summed E-state index contributed by atoms with van der Waals surface area (Å²) in [6.07, 6.45) is 2.37. The van der Waals surface area contributed by atoms with Crippen LogP contribution in [0.15, 0.2) is 11.6 Å². The second-order valence-corrected chi connectivity index (χ2v) is 6.30. The van der Waals surface area contributed by atoms with E-state index in [1.54, 1.807) is 0 Å². The molecule has 1 saturated heterocycles. The number of rotatable bonds is 4. The molecule has 24 heavy (non-hydrogen) atoms. The van der Waals surface area contributed by atoms with Crippen LogP contribution in [0.1, 0.15) is 39.0 Å². The molecule has 0 spiro atoms. The van der Waals surface area contributed by atoms with E-state index in [9.17, 15) is 14.7 Å². The number of cyclic esters (lactones) is 1. The summed E-state index contributed by atoms with van der Waals surface area (Å²) < 4.78 is 10.4. The molecule has 1 aromatic rings. The first-order chi connectivity index (χ1) is 11.4. The second kappa shape index (κ2) is 6.28. The Bertz CT molecular complexity index is 747. The Morgan fingerprint density at radius 2 is 2.04 bits per heavy atom. The Morgan fingerprint density at radius 1 is 1.29 bits per heavy atom. The van der Waals surface area contributed by atoms with Crippen molar-refractivity contribution >= 4 is 11.9 Å². The first-order valence-corrected chi connectivity index (χ1v) is 7.89. The lowest BCUT2D eigenvalue weighted by Gasteiger charge is -2.14. The summed E-state index contributed by atoms with van der Waals surface area (Å²) in [4.78, 5) is 22.8. The van der Waals surface area contributed by atoms with Crippen molar-refractivity contribution in [3.05, 3.63) is 39.5 Å². The van der Waals surface area contributed by atoms with Crippen LogP contribution in [0.4, 0.5) is 0 Å². The summed E-state index contributed by atoms with van der Waals surface area (Å²) in [6.45, 7) is 4.83. The third kappa shape index (κ3) is 2.78. The largest absolute Gasteiger partial charge is 0.507 e. The fourth-order valence-corrected chi connectivity index (χ4v) is 3.38. The van der Waals surface area contributed by atoms with Gasteiger partial charge in [0.1, 0.15) is 17.9 Å². The molecule has 1 fully saturated rings. The maximum Gasteiger partial charge on any atom is 0.342 e. The van der Waals surface area contributed by atoms with E-state index >= 15 is 0 Å². The van der Waals surface area contributed by atoms with E-state index in [2.05, 4.69) is 0 Å². The Labute approximate surface area is 139 Å². The van der Waals surface area contributed by atoms with Gasteiger partial charge in [-0.2, -0.15) is 0 Å². The molecule has 1 atom stereocenters. The summed E-state index contributed by atoms with van der Waals surface area (Å²) in [5.41, 5.74) is 4.49. The number of esters is 1. The van der Waals surface area contributed by atoms with E-state index in [0.717, 1.165) is 22.3 Å². The number of allylic oxidation sites excluding steroid dienone is 1. The number of fused-ring (bicyclic) bond motifs is 1. The minimum atomic E-state index is -0.855. The lowest BCUT2D eigenvalue weighted by Crippen LogP contribution is -2.09. The summed E-state index contributed by atoms with van der Waals surface area (Å²) in [7, 11) is 0. The summed E-state index contributed by atoms with van der Waals surface area (Å²) >= 11 is 0. The van der Waals surface area contributed by atoms with Gasteiger partial charge in [-0.1, -0.05) is 6.08 Å². The maximum absolute atomic E-state index is 11.9. The lowest BCUT2D eigenvalue weighted by molar-refractivity contribution is -0.137. The van der Waals surface area contributed by atoms with Gasteiger partial charge in [0, 0.05) is 17.0 Å². The number of carboxylic acid groups (broad SMARTS) is 1. The molecule has 1 unspecified atom stereocenters. The number of carbonyl (C=O) groups excluding carboxylic acids is 1. The highest BCUT2D eigenvalue weighted by molar-refractivity contribution is 5.97. The first-order valence-electron chi connectivity index (χ1n) is 7.89. The minimum absolute atomic E-state index is 0.0267. The Morgan fingerprint density at radius 3 is 2.75 bits per heavy atom. The van der Waals surface area contributed by atoms with Gasteiger partial charge in [-0.15, -0.1) is 0 Å². The van der Waals surface area contributed by atoms with Crippen LogP contribution in [0.3, 0.4) is 0 Å². The Hall–Kier alpha value is -2.34. The smallest absolute Gasteiger partial charge is 0.342 e. The van der Waals surface area contributed by atoms with Crippen LogP contribution in [-0.4, -0.2) is 35.4 Å². The van der Waals surface area contributed by atoms with Crippen molar-refractivity contribution in [1.29, 1.82) is 0 Å². The highest BCUT2D eigenvalue weighted by Gasteiger charge is 2.30. The summed E-state index contributed by atoms with van der Waals surface area (Å²) in [5.74, 6) is -1.51. The van der Waals surface area contributed by atoms with E-state index in [0.29, 0.717) is 25.2 Å². The predicted molar refractivity (Wildman–Crippen MR) is 85.0 cm³/mol. The number of phenols is 1. The Kier molecular flexibility index (Phi) is 4.32. The van der Waals surface area contributed by atoms with Crippen molar-refractivity contribution in [1.82, 2.24) is 0 Å². The van der Waals surface area contributed by atoms with Gasteiger partial charge < -0.3 is 19.7 Å². The van der Waals surface area contributed by atoms with Crippen molar-refractivity contribution in [2.45, 2.75) is 33.3 Å². The van der Waals surface area contributed by atoms with Gasteiger partial charge in [0.25, 0.3) is 0 Å². The molecule has 2 aliphatic heterocycles. The highest BCUT2D eigenvalue weighted by Crippen LogP contribution is 2.38. The van der Waals surface area contributed by atoms with Gasteiger partial charge in [-0.3, -0.25) is 4.79 Å². The molecule has 6 nitrogen and oxygen atoms in total. The van der Waals surface area contributed by atoms with Crippen LogP contribution in [0, 0.1) is 19.8 Å². The molecule has 2 N–H and O–H groups in total. The summed E-state index contributed by atoms with van der Waals surface area (Å²) in [5, 5.41) is 19.5. The second-order valence-electron chi connectivity index (χ2n) is 6.30. The SMILES string of the molecule is Cc1c(C)c2c(c(O)c1C/C=C1/COCC1CC(=O)O)C(=O)OC2. The van der Waals surface area contributed by atoms with Crippen molar-refractivity contribution < 1.29 is 29.3 Å². The quantitative estimate of drug-likeness (QED) is 0.649. The monoisotopic (exact) mass is 332 g/mol. The molecule has 2 aliphatic rings. The molecular formula is C18H20O6. The van der Waals surface area contributed by atoms with Crippen molar-refractivity contribution in [3.63, 3.8) is 0 Å². The Balaban J connectivity index is 1.92. The number of aromatic hydroxyl groups is 1. The predicted octanol–water partition coefficient (Wildman–Crippen LogP) is 2.27. The van der Waals surface area contributed by atoms with Crippen LogP contribution in [0.25, 0.3) is 0 Å². The number of hydrogen-bond acceptors (Lipinski definition) is 5. The molecule has 1 aromatic carbocycles. The average Bonchev–Trinajstić information content (AvgIpc) is 3.11. The number of carbonyl (C=O) groups is 2. The van der Waals surface area contributed by atoms with E-state index in [1.165, 1.54) is 0 Å². The van der Waals surface area contributed by atoms with Gasteiger partial charge >= 0.3 is 11.9 Å². The van der Waals surface area contributed by atoms with Crippen LogP contribution in [0.2, 0.25) is 0 Å². The molecule has 0 aromatic heterocycles. The normalized spacial score (nSPS) is 21.2. The number of phenolic OH excluding ortho intramolecular Hbond substituents is 1. The third-order valence-corrected chi connectivity index (χ3v) is 4.95. The van der Waals surface area contributed by atoms with Crippen molar-refractivity contribution in [2.24, 2.45) is 5.92 Å². The number of benzene rings is 1. The molecular weight excluding hydrogens is 312 g/mol. The molecule has 0 radical (unpaired) electrons. The van der Waals surface area contributed by atoms with Gasteiger partial charge in [0.2, 0.25) is 0 Å². The minimum Gasteiger partial charge on any atom is -0.507 e. The van der Waals surface area contributed by atoms with E-state index in [-0.39, 0.29) is 30.3 Å². The molecule has 0 bridgehead atoms. The number of hydrogen-bond donors (Lipinski definition) is 2. The maximum atomic E-state index is 11.9. The third-order valence-electron chi connectivity index (χ3n) is 4.95. The van der Waals surface area contributed by atoms with Gasteiger partial charge in [0.05, 0.1) is 19.6 Å².